The summed E-state index contributed by atoms with van der Waals surface area (Å²) in [4.78, 5) is 2.49. The van der Waals surface area contributed by atoms with E-state index in [2.05, 4.69) is 57.5 Å². The number of hydrazone groups is 1. The molecule has 0 aliphatic carbocycles. The van der Waals surface area contributed by atoms with E-state index in [9.17, 15) is 0 Å². The Bertz CT molecular complexity index is 1050. The van der Waals surface area contributed by atoms with Gasteiger partial charge in [-0.1, -0.05) is 42.5 Å². The summed E-state index contributed by atoms with van der Waals surface area (Å²) in [5.41, 5.74) is 2.24. The molecule has 0 spiro atoms. The Morgan fingerprint density at radius 1 is 0.806 bits per heavy atom. The first-order valence-corrected chi connectivity index (χ1v) is 10.5. The molecule has 0 radical (unpaired) electrons. The summed E-state index contributed by atoms with van der Waals surface area (Å²) >= 11 is 0. The SMILES string of the molecule is COc1cc(OC)c(OC)cc1/C=N\N1CCN(Cc2cccc3ccccc23)CC1. The second-order valence-electron chi connectivity index (χ2n) is 7.56. The summed E-state index contributed by atoms with van der Waals surface area (Å²) in [5, 5.41) is 9.43. The second-order valence-corrected chi connectivity index (χ2v) is 7.56. The zero-order valence-electron chi connectivity index (χ0n) is 18.4. The number of benzene rings is 3. The lowest BCUT2D eigenvalue weighted by Crippen LogP contribution is -2.43. The molecule has 3 aromatic carbocycles. The Morgan fingerprint density at radius 2 is 1.48 bits per heavy atom. The quantitative estimate of drug-likeness (QED) is 0.542. The van der Waals surface area contributed by atoms with Gasteiger partial charge in [-0.15, -0.1) is 0 Å². The molecule has 1 fully saturated rings. The summed E-state index contributed by atoms with van der Waals surface area (Å²) in [6.45, 7) is 4.68. The highest BCUT2D eigenvalue weighted by Crippen LogP contribution is 2.33. The first kappa shape index (κ1) is 21.0. The van der Waals surface area contributed by atoms with Crippen LogP contribution in [0.15, 0.2) is 59.7 Å². The number of methoxy groups -OCH3 is 3. The van der Waals surface area contributed by atoms with Crippen molar-refractivity contribution in [2.75, 3.05) is 47.5 Å². The lowest BCUT2D eigenvalue weighted by atomic mass is 10.0. The number of hydrogen-bond donors (Lipinski definition) is 0. The third kappa shape index (κ3) is 4.75. The highest BCUT2D eigenvalue weighted by molar-refractivity contribution is 5.86. The van der Waals surface area contributed by atoms with Gasteiger partial charge in [0, 0.05) is 44.4 Å². The van der Waals surface area contributed by atoms with Crippen LogP contribution in [-0.4, -0.2) is 63.6 Å². The molecule has 0 atom stereocenters. The zero-order valence-corrected chi connectivity index (χ0v) is 18.4. The van der Waals surface area contributed by atoms with Crippen molar-refractivity contribution in [3.05, 3.63) is 65.7 Å². The van der Waals surface area contributed by atoms with Crippen molar-refractivity contribution in [1.82, 2.24) is 9.91 Å². The molecule has 4 rings (SSSR count). The van der Waals surface area contributed by atoms with Crippen LogP contribution in [-0.2, 0) is 6.54 Å². The Hall–Kier alpha value is -3.25. The van der Waals surface area contributed by atoms with Gasteiger partial charge in [-0.3, -0.25) is 9.91 Å². The summed E-state index contributed by atoms with van der Waals surface area (Å²) in [7, 11) is 4.88. The van der Waals surface area contributed by atoms with Crippen LogP contribution >= 0.6 is 0 Å². The van der Waals surface area contributed by atoms with E-state index in [4.69, 9.17) is 14.2 Å². The number of nitrogens with zero attached hydrogens (tertiary/aromatic N) is 3. The van der Waals surface area contributed by atoms with Crippen LogP contribution in [0.25, 0.3) is 10.8 Å². The van der Waals surface area contributed by atoms with Gasteiger partial charge in [0.2, 0.25) is 0 Å². The van der Waals surface area contributed by atoms with E-state index in [0.29, 0.717) is 17.2 Å². The number of ether oxygens (including phenoxy) is 3. The fourth-order valence-corrected chi connectivity index (χ4v) is 3.98. The molecule has 31 heavy (non-hydrogen) atoms. The monoisotopic (exact) mass is 419 g/mol. The Balaban J connectivity index is 1.40. The molecule has 1 aliphatic heterocycles. The predicted octanol–water partition coefficient (Wildman–Crippen LogP) is 4.02. The molecular formula is C25H29N3O3. The van der Waals surface area contributed by atoms with E-state index >= 15 is 0 Å². The van der Waals surface area contributed by atoms with Gasteiger partial charge in [0.15, 0.2) is 11.5 Å². The molecule has 0 aromatic heterocycles. The largest absolute Gasteiger partial charge is 0.496 e. The van der Waals surface area contributed by atoms with Crippen molar-refractivity contribution in [1.29, 1.82) is 0 Å². The topological polar surface area (TPSA) is 46.5 Å². The van der Waals surface area contributed by atoms with E-state index in [1.54, 1.807) is 21.3 Å². The molecule has 0 unspecified atom stereocenters. The lowest BCUT2D eigenvalue weighted by Gasteiger charge is -2.33. The average molecular weight is 420 g/mol. The molecule has 3 aromatic rings. The van der Waals surface area contributed by atoms with E-state index in [1.807, 2.05) is 18.3 Å². The van der Waals surface area contributed by atoms with Crippen molar-refractivity contribution in [3.8, 4) is 17.2 Å². The molecular weight excluding hydrogens is 390 g/mol. The Kier molecular flexibility index (Phi) is 6.57. The van der Waals surface area contributed by atoms with Gasteiger partial charge in [0.25, 0.3) is 0 Å². The number of fused-ring (bicyclic) bond motifs is 1. The van der Waals surface area contributed by atoms with Crippen molar-refractivity contribution >= 4 is 17.0 Å². The van der Waals surface area contributed by atoms with Crippen LogP contribution in [0, 0.1) is 0 Å². The predicted molar refractivity (Wildman–Crippen MR) is 124 cm³/mol. The first-order chi connectivity index (χ1) is 15.2. The molecule has 6 nitrogen and oxygen atoms in total. The zero-order chi connectivity index (χ0) is 21.6. The van der Waals surface area contributed by atoms with Gasteiger partial charge >= 0.3 is 0 Å². The van der Waals surface area contributed by atoms with E-state index < -0.39 is 0 Å². The third-order valence-electron chi connectivity index (χ3n) is 5.72. The van der Waals surface area contributed by atoms with Crippen LogP contribution in [0.4, 0.5) is 0 Å². The lowest BCUT2D eigenvalue weighted by molar-refractivity contribution is 0.131. The highest BCUT2D eigenvalue weighted by Gasteiger charge is 2.17. The maximum atomic E-state index is 5.49. The fourth-order valence-electron chi connectivity index (χ4n) is 3.98. The summed E-state index contributed by atoms with van der Waals surface area (Å²) in [6, 6.07) is 18.9. The maximum absolute atomic E-state index is 5.49. The van der Waals surface area contributed by atoms with Gasteiger partial charge in [0.1, 0.15) is 5.75 Å². The van der Waals surface area contributed by atoms with E-state index in [1.165, 1.54) is 16.3 Å². The molecule has 1 aliphatic rings. The van der Waals surface area contributed by atoms with Gasteiger partial charge in [-0.2, -0.15) is 5.10 Å². The number of rotatable bonds is 7. The van der Waals surface area contributed by atoms with Crippen LogP contribution in [0.1, 0.15) is 11.1 Å². The van der Waals surface area contributed by atoms with Crippen LogP contribution in [0.3, 0.4) is 0 Å². The smallest absolute Gasteiger partial charge is 0.164 e. The van der Waals surface area contributed by atoms with Gasteiger partial charge in [-0.05, 0) is 22.4 Å². The van der Waals surface area contributed by atoms with E-state index in [-0.39, 0.29) is 0 Å². The van der Waals surface area contributed by atoms with Crippen molar-refractivity contribution in [2.45, 2.75) is 6.54 Å². The van der Waals surface area contributed by atoms with E-state index in [0.717, 1.165) is 38.3 Å². The van der Waals surface area contributed by atoms with Crippen molar-refractivity contribution in [3.63, 3.8) is 0 Å². The molecule has 162 valence electrons. The number of piperazine rings is 1. The Morgan fingerprint density at radius 3 is 2.23 bits per heavy atom. The number of hydrogen-bond acceptors (Lipinski definition) is 6. The van der Waals surface area contributed by atoms with Gasteiger partial charge in [-0.25, -0.2) is 0 Å². The molecule has 0 bridgehead atoms. The minimum atomic E-state index is 0.638. The van der Waals surface area contributed by atoms with Gasteiger partial charge in [0.05, 0.1) is 27.5 Å². The van der Waals surface area contributed by atoms with Crippen LogP contribution in [0.5, 0.6) is 17.2 Å². The minimum Gasteiger partial charge on any atom is -0.496 e. The molecule has 0 amide bonds. The maximum Gasteiger partial charge on any atom is 0.164 e. The minimum absolute atomic E-state index is 0.638. The van der Waals surface area contributed by atoms with Crippen LogP contribution < -0.4 is 14.2 Å². The second kappa shape index (κ2) is 9.71. The molecule has 6 heteroatoms. The summed E-state index contributed by atoms with van der Waals surface area (Å²) < 4.78 is 16.2. The first-order valence-electron chi connectivity index (χ1n) is 10.5. The molecule has 1 saturated heterocycles. The fraction of sp³-hybridized carbons (Fsp3) is 0.320. The average Bonchev–Trinajstić information content (AvgIpc) is 2.83. The van der Waals surface area contributed by atoms with Crippen molar-refractivity contribution < 1.29 is 14.2 Å². The molecule has 1 heterocycles. The Labute approximate surface area is 183 Å². The highest BCUT2D eigenvalue weighted by atomic mass is 16.5. The standard InChI is InChI=1S/C25H29N3O3/c1-29-23-16-25(31-3)24(30-2)15-21(23)17-26-28-13-11-27(12-14-28)18-20-9-6-8-19-7-4-5-10-22(19)20/h4-10,15-17H,11-14,18H2,1-3H3/b26-17-. The normalized spacial score (nSPS) is 14.9. The summed E-state index contributed by atoms with van der Waals surface area (Å²) in [5.74, 6) is 2.00. The molecule has 0 saturated carbocycles. The summed E-state index contributed by atoms with van der Waals surface area (Å²) in [6.07, 6.45) is 1.83. The molecule has 0 N–H and O–H groups in total. The van der Waals surface area contributed by atoms with Gasteiger partial charge < -0.3 is 14.2 Å². The van der Waals surface area contributed by atoms with Crippen LogP contribution in [0.2, 0.25) is 0 Å². The third-order valence-corrected chi connectivity index (χ3v) is 5.72. The van der Waals surface area contributed by atoms with Crippen molar-refractivity contribution in [2.24, 2.45) is 5.10 Å².